The molecule has 170 valence electrons. The lowest BCUT2D eigenvalue weighted by Crippen LogP contribution is -2.50. The summed E-state index contributed by atoms with van der Waals surface area (Å²) in [5.74, 6) is -0.177. The van der Waals surface area contributed by atoms with Gasteiger partial charge in [0.25, 0.3) is 0 Å². The molecule has 2 aromatic rings. The number of aromatic amines is 1. The van der Waals surface area contributed by atoms with Gasteiger partial charge in [0, 0.05) is 38.4 Å². The van der Waals surface area contributed by atoms with E-state index in [4.69, 9.17) is 4.74 Å². The second kappa shape index (κ2) is 9.06. The van der Waals surface area contributed by atoms with Crippen LogP contribution >= 0.6 is 15.9 Å². The van der Waals surface area contributed by atoms with Crippen molar-refractivity contribution in [3.63, 3.8) is 0 Å². The van der Waals surface area contributed by atoms with Gasteiger partial charge in [-0.1, -0.05) is 13.8 Å². The minimum Gasteiger partial charge on any atom is -0.444 e. The number of nitrogens with zero attached hydrogens (tertiary/aromatic N) is 3. The molecule has 9 heteroatoms. The summed E-state index contributed by atoms with van der Waals surface area (Å²) in [6.45, 7) is 10.8. The molecule has 2 N–H and O–H groups in total. The fraction of sp³-hybridized carbons (Fsp3) is 0.591. The van der Waals surface area contributed by atoms with Crippen LogP contribution in [0.2, 0.25) is 0 Å². The normalized spacial score (nSPS) is 17.2. The van der Waals surface area contributed by atoms with Crippen LogP contribution in [-0.2, 0) is 9.53 Å². The lowest BCUT2D eigenvalue weighted by molar-refractivity contribution is -0.118. The third-order valence-electron chi connectivity index (χ3n) is 5.35. The summed E-state index contributed by atoms with van der Waals surface area (Å²) in [6.07, 6.45) is 5.07. The van der Waals surface area contributed by atoms with Crippen LogP contribution in [0, 0.1) is 5.92 Å². The number of pyridine rings is 1. The van der Waals surface area contributed by atoms with E-state index in [9.17, 15) is 9.59 Å². The number of carbonyl (C=O) groups is 2. The van der Waals surface area contributed by atoms with Gasteiger partial charge in [-0.2, -0.15) is 0 Å². The first-order valence-corrected chi connectivity index (χ1v) is 11.4. The number of likely N-dealkylation sites (N-methyl/N-ethyl adjacent to an activating group) is 1. The van der Waals surface area contributed by atoms with Crippen molar-refractivity contribution in [2.75, 3.05) is 30.4 Å². The monoisotopic (exact) mass is 493 g/mol. The number of amides is 2. The second-order valence-corrected chi connectivity index (χ2v) is 10.2. The molecule has 0 aromatic carbocycles. The molecule has 0 saturated carbocycles. The highest BCUT2D eigenvalue weighted by Gasteiger charge is 2.31. The summed E-state index contributed by atoms with van der Waals surface area (Å²) in [5.41, 5.74) is 1.85. The quantitative estimate of drug-likeness (QED) is 0.640. The average Bonchev–Trinajstić information content (AvgIpc) is 3.08. The molecule has 2 amide bonds. The maximum Gasteiger partial charge on any atom is 0.410 e. The summed E-state index contributed by atoms with van der Waals surface area (Å²) in [5, 5.41) is 3.87. The SMILES string of the molecule is CC(C)C(=O)Nc1c[nH]c2ncc(Br)c(N3CCCC(N(C)C(=O)OC(C)(C)C)C3)c12. The molecule has 0 radical (unpaired) electrons. The summed E-state index contributed by atoms with van der Waals surface area (Å²) < 4.78 is 6.40. The zero-order valence-electron chi connectivity index (χ0n) is 19.1. The Labute approximate surface area is 191 Å². The molecule has 0 aliphatic carbocycles. The average molecular weight is 494 g/mol. The fourth-order valence-corrected chi connectivity index (χ4v) is 4.25. The van der Waals surface area contributed by atoms with Gasteiger partial charge in [0.15, 0.2) is 0 Å². The number of anilines is 2. The van der Waals surface area contributed by atoms with Gasteiger partial charge in [-0.05, 0) is 49.5 Å². The van der Waals surface area contributed by atoms with E-state index >= 15 is 0 Å². The van der Waals surface area contributed by atoms with Crippen LogP contribution in [0.15, 0.2) is 16.9 Å². The van der Waals surface area contributed by atoms with Crippen molar-refractivity contribution in [2.24, 2.45) is 5.92 Å². The number of hydrogen-bond donors (Lipinski definition) is 2. The van der Waals surface area contributed by atoms with Crippen LogP contribution < -0.4 is 10.2 Å². The maximum atomic E-state index is 12.6. The molecule has 3 rings (SSSR count). The molecule has 0 spiro atoms. The van der Waals surface area contributed by atoms with Crippen LogP contribution in [-0.4, -0.2) is 58.6 Å². The number of H-pyrrole nitrogens is 1. The Hall–Kier alpha value is -2.29. The van der Waals surface area contributed by atoms with Gasteiger partial charge < -0.3 is 24.8 Å². The van der Waals surface area contributed by atoms with Gasteiger partial charge in [0.1, 0.15) is 11.2 Å². The molecule has 3 heterocycles. The largest absolute Gasteiger partial charge is 0.444 e. The number of hydrogen-bond acceptors (Lipinski definition) is 5. The maximum absolute atomic E-state index is 12.6. The minimum absolute atomic E-state index is 0.0198. The number of rotatable bonds is 4. The highest BCUT2D eigenvalue weighted by Crippen LogP contribution is 2.39. The molecule has 31 heavy (non-hydrogen) atoms. The first-order valence-electron chi connectivity index (χ1n) is 10.6. The highest BCUT2D eigenvalue weighted by molar-refractivity contribution is 9.10. The first-order chi connectivity index (χ1) is 14.5. The minimum atomic E-state index is -0.533. The van der Waals surface area contributed by atoms with Gasteiger partial charge in [-0.25, -0.2) is 9.78 Å². The van der Waals surface area contributed by atoms with Crippen molar-refractivity contribution >= 4 is 50.3 Å². The standard InChI is InChI=1S/C22H32BrN5O3/c1-13(2)20(29)26-16-11-25-19-17(16)18(15(23)10-24-19)28-9-7-8-14(12-28)27(6)21(30)31-22(3,4)5/h10-11,13-14H,7-9,12H2,1-6H3,(H,24,25)(H,26,29). The Morgan fingerprint density at radius 1 is 1.39 bits per heavy atom. The van der Waals surface area contributed by atoms with E-state index in [0.717, 1.165) is 34.9 Å². The van der Waals surface area contributed by atoms with E-state index in [2.05, 4.69) is 36.1 Å². The number of halogens is 1. The van der Waals surface area contributed by atoms with Gasteiger partial charge in [-0.15, -0.1) is 0 Å². The van der Waals surface area contributed by atoms with E-state index in [1.165, 1.54) is 0 Å². The number of ether oxygens (including phenoxy) is 1. The predicted molar refractivity (Wildman–Crippen MR) is 126 cm³/mol. The molecule has 2 aromatic heterocycles. The lowest BCUT2D eigenvalue weighted by atomic mass is 10.0. The molecule has 1 unspecified atom stereocenters. The number of carbonyl (C=O) groups excluding carboxylic acids is 2. The van der Waals surface area contributed by atoms with Crippen LogP contribution in [0.25, 0.3) is 11.0 Å². The van der Waals surface area contributed by atoms with E-state index in [1.807, 2.05) is 34.6 Å². The van der Waals surface area contributed by atoms with Crippen molar-refractivity contribution in [1.29, 1.82) is 0 Å². The topological polar surface area (TPSA) is 90.6 Å². The van der Waals surface area contributed by atoms with E-state index < -0.39 is 5.60 Å². The zero-order valence-corrected chi connectivity index (χ0v) is 20.7. The number of nitrogens with one attached hydrogen (secondary N) is 2. The predicted octanol–water partition coefficient (Wildman–Crippen LogP) is 4.76. The fourth-order valence-electron chi connectivity index (χ4n) is 3.70. The van der Waals surface area contributed by atoms with Crippen molar-refractivity contribution in [3.8, 4) is 0 Å². The highest BCUT2D eigenvalue weighted by atomic mass is 79.9. The summed E-state index contributed by atoms with van der Waals surface area (Å²) >= 11 is 3.66. The lowest BCUT2D eigenvalue weighted by Gasteiger charge is -2.39. The molecular formula is C22H32BrN5O3. The molecular weight excluding hydrogens is 462 g/mol. The Balaban J connectivity index is 1.90. The van der Waals surface area contributed by atoms with Gasteiger partial charge in [0.2, 0.25) is 5.91 Å². The van der Waals surface area contributed by atoms with Crippen molar-refractivity contribution in [2.45, 2.75) is 59.1 Å². The molecule has 1 fully saturated rings. The number of fused-ring (bicyclic) bond motifs is 1. The van der Waals surface area contributed by atoms with Crippen LogP contribution in [0.3, 0.4) is 0 Å². The first kappa shape index (κ1) is 23.4. The molecule has 1 aliphatic rings. The van der Waals surface area contributed by atoms with Crippen molar-refractivity contribution < 1.29 is 14.3 Å². The van der Waals surface area contributed by atoms with Crippen LogP contribution in [0.1, 0.15) is 47.5 Å². The van der Waals surface area contributed by atoms with E-state index in [-0.39, 0.29) is 24.0 Å². The molecule has 1 aliphatic heterocycles. The third kappa shape index (κ3) is 5.31. The summed E-state index contributed by atoms with van der Waals surface area (Å²) in [6, 6.07) is 0.0198. The van der Waals surface area contributed by atoms with E-state index in [1.54, 1.807) is 24.3 Å². The smallest absolute Gasteiger partial charge is 0.410 e. The van der Waals surface area contributed by atoms with Gasteiger partial charge in [0.05, 0.1) is 27.3 Å². The van der Waals surface area contributed by atoms with Gasteiger partial charge >= 0.3 is 6.09 Å². The molecule has 8 nitrogen and oxygen atoms in total. The molecule has 1 saturated heterocycles. The molecule has 1 atom stereocenters. The Kier molecular flexibility index (Phi) is 6.83. The Morgan fingerprint density at radius 2 is 2.10 bits per heavy atom. The van der Waals surface area contributed by atoms with Crippen LogP contribution in [0.5, 0.6) is 0 Å². The van der Waals surface area contributed by atoms with E-state index in [0.29, 0.717) is 17.9 Å². The second-order valence-electron chi connectivity index (χ2n) is 9.36. The Bertz CT molecular complexity index is 966. The Morgan fingerprint density at radius 3 is 2.74 bits per heavy atom. The third-order valence-corrected chi connectivity index (χ3v) is 5.93. The molecule has 0 bridgehead atoms. The van der Waals surface area contributed by atoms with Crippen molar-refractivity contribution in [1.82, 2.24) is 14.9 Å². The van der Waals surface area contributed by atoms with Crippen molar-refractivity contribution in [3.05, 3.63) is 16.9 Å². The zero-order chi connectivity index (χ0) is 22.9. The number of aromatic nitrogens is 2. The number of piperidine rings is 1. The van der Waals surface area contributed by atoms with Crippen LogP contribution in [0.4, 0.5) is 16.2 Å². The summed E-state index contributed by atoms with van der Waals surface area (Å²) in [4.78, 5) is 36.5. The summed E-state index contributed by atoms with van der Waals surface area (Å²) in [7, 11) is 1.80. The van der Waals surface area contributed by atoms with Gasteiger partial charge in [-0.3, -0.25) is 4.79 Å².